The van der Waals surface area contributed by atoms with Gasteiger partial charge in [-0.3, -0.25) is 0 Å². The highest BCUT2D eigenvalue weighted by atomic mass is 16.5. The van der Waals surface area contributed by atoms with Crippen LogP contribution in [-0.2, 0) is 0 Å². The molecular weight excluding hydrogens is 162 g/mol. The highest BCUT2D eigenvalue weighted by molar-refractivity contribution is 5.42. The summed E-state index contributed by atoms with van der Waals surface area (Å²) in [5.41, 5.74) is 1.62. The Hall–Kier alpha value is -1.75. The van der Waals surface area contributed by atoms with Gasteiger partial charge in [0.05, 0.1) is 11.6 Å². The molecule has 0 radical (unpaired) electrons. The van der Waals surface area contributed by atoms with Crippen molar-refractivity contribution in [3.8, 4) is 11.8 Å². The van der Waals surface area contributed by atoms with Crippen molar-refractivity contribution in [2.24, 2.45) is 0 Å². The molecule has 0 bridgehead atoms. The van der Waals surface area contributed by atoms with Crippen molar-refractivity contribution in [1.29, 1.82) is 5.26 Å². The minimum atomic E-state index is 0.466. The zero-order chi connectivity index (χ0) is 9.68. The summed E-state index contributed by atoms with van der Waals surface area (Å²) in [6, 6.07) is 7.56. The van der Waals surface area contributed by atoms with E-state index in [0.29, 0.717) is 17.9 Å². The number of hydrogen-bond donors (Lipinski definition) is 0. The maximum Gasteiger partial charge on any atom is 0.121 e. The third kappa shape index (κ3) is 2.34. The van der Waals surface area contributed by atoms with E-state index >= 15 is 0 Å². The zero-order valence-electron chi connectivity index (χ0n) is 7.58. The Morgan fingerprint density at radius 1 is 1.62 bits per heavy atom. The van der Waals surface area contributed by atoms with Gasteiger partial charge in [-0.25, -0.2) is 0 Å². The molecule has 0 fully saturated rings. The molecule has 0 aromatic heterocycles. The molecule has 2 nitrogen and oxygen atoms in total. The molecule has 1 aromatic rings. The highest BCUT2D eigenvalue weighted by Gasteiger charge is 1.98. The van der Waals surface area contributed by atoms with Gasteiger partial charge < -0.3 is 4.74 Å². The second-order valence-electron chi connectivity index (χ2n) is 2.69. The van der Waals surface area contributed by atoms with E-state index in [1.54, 1.807) is 12.1 Å². The van der Waals surface area contributed by atoms with Crippen molar-refractivity contribution >= 4 is 0 Å². The summed E-state index contributed by atoms with van der Waals surface area (Å²) in [5.74, 6) is 0.710. The first-order valence-electron chi connectivity index (χ1n) is 4.02. The van der Waals surface area contributed by atoms with E-state index in [1.807, 2.05) is 19.1 Å². The summed E-state index contributed by atoms with van der Waals surface area (Å²) in [4.78, 5) is 0. The third-order valence-corrected chi connectivity index (χ3v) is 1.70. The third-order valence-electron chi connectivity index (χ3n) is 1.70. The monoisotopic (exact) mass is 173 g/mol. The van der Waals surface area contributed by atoms with Gasteiger partial charge in [0.15, 0.2) is 0 Å². The van der Waals surface area contributed by atoms with Crippen LogP contribution in [0.3, 0.4) is 0 Å². The van der Waals surface area contributed by atoms with E-state index in [9.17, 15) is 0 Å². The number of rotatable bonds is 3. The molecule has 0 saturated carbocycles. The molecule has 0 atom stereocenters. The summed E-state index contributed by atoms with van der Waals surface area (Å²) in [6.45, 7) is 5.91. The maximum atomic E-state index is 8.74. The Morgan fingerprint density at radius 2 is 2.38 bits per heavy atom. The molecule has 13 heavy (non-hydrogen) atoms. The van der Waals surface area contributed by atoms with Gasteiger partial charge in [0, 0.05) is 0 Å². The molecule has 0 amide bonds. The van der Waals surface area contributed by atoms with E-state index in [1.165, 1.54) is 0 Å². The first-order chi connectivity index (χ1) is 6.27. The van der Waals surface area contributed by atoms with Crippen LogP contribution in [0.5, 0.6) is 5.75 Å². The normalized spacial score (nSPS) is 8.92. The molecule has 0 heterocycles. The van der Waals surface area contributed by atoms with Crippen LogP contribution in [-0.4, -0.2) is 6.61 Å². The predicted octanol–water partition coefficient (Wildman–Crippen LogP) is 2.43. The van der Waals surface area contributed by atoms with E-state index in [0.717, 1.165) is 5.56 Å². The molecule has 1 aromatic carbocycles. The van der Waals surface area contributed by atoms with Gasteiger partial charge in [-0.2, -0.15) is 5.26 Å². The molecule has 0 spiro atoms. The number of nitrogens with zero attached hydrogens (tertiary/aromatic N) is 1. The Balaban J connectivity index is 2.87. The summed E-state index contributed by atoms with van der Waals surface area (Å²) in [7, 11) is 0. The van der Waals surface area contributed by atoms with Crippen molar-refractivity contribution in [2.75, 3.05) is 6.61 Å². The summed E-state index contributed by atoms with van der Waals surface area (Å²) in [5, 5.41) is 8.74. The van der Waals surface area contributed by atoms with Gasteiger partial charge in [0.25, 0.3) is 0 Å². The fourth-order valence-corrected chi connectivity index (χ4v) is 0.967. The minimum Gasteiger partial charge on any atom is -0.490 e. The molecule has 66 valence electrons. The topological polar surface area (TPSA) is 33.0 Å². The lowest BCUT2D eigenvalue weighted by Gasteiger charge is -2.04. The maximum absolute atomic E-state index is 8.74. The average molecular weight is 173 g/mol. The van der Waals surface area contributed by atoms with Crippen LogP contribution >= 0.6 is 0 Å². The Labute approximate surface area is 78.1 Å². The van der Waals surface area contributed by atoms with Crippen LogP contribution in [0.4, 0.5) is 0 Å². The van der Waals surface area contributed by atoms with Crippen molar-refractivity contribution < 1.29 is 4.74 Å². The molecule has 0 unspecified atom stereocenters. The smallest absolute Gasteiger partial charge is 0.121 e. The average Bonchev–Trinajstić information content (AvgIpc) is 2.16. The zero-order valence-corrected chi connectivity index (χ0v) is 7.58. The second kappa shape index (κ2) is 4.32. The molecule has 1 rings (SSSR count). The van der Waals surface area contributed by atoms with E-state index in [-0.39, 0.29) is 0 Å². The van der Waals surface area contributed by atoms with Gasteiger partial charge in [-0.15, -0.1) is 0 Å². The molecular formula is C11H11NO. The Bertz CT molecular complexity index is 350. The largest absolute Gasteiger partial charge is 0.490 e. The lowest BCUT2D eigenvalue weighted by Crippen LogP contribution is -1.93. The quantitative estimate of drug-likeness (QED) is 0.657. The molecule has 0 saturated heterocycles. The number of aryl methyl sites for hydroxylation is 1. The van der Waals surface area contributed by atoms with E-state index in [4.69, 9.17) is 10.00 Å². The molecule has 0 aliphatic rings. The first kappa shape index (κ1) is 9.34. The first-order valence-corrected chi connectivity index (χ1v) is 4.02. The van der Waals surface area contributed by atoms with Crippen LogP contribution in [0.1, 0.15) is 11.1 Å². The summed E-state index contributed by atoms with van der Waals surface area (Å²) < 4.78 is 5.28. The number of hydrogen-bond acceptors (Lipinski definition) is 2. The van der Waals surface area contributed by atoms with Crippen LogP contribution < -0.4 is 4.74 Å². The van der Waals surface area contributed by atoms with Crippen LogP contribution in [0.25, 0.3) is 0 Å². The molecule has 2 heteroatoms. The predicted molar refractivity (Wildman–Crippen MR) is 51.6 cm³/mol. The van der Waals surface area contributed by atoms with Crippen LogP contribution in [0.15, 0.2) is 30.9 Å². The number of nitriles is 1. The lowest BCUT2D eigenvalue weighted by atomic mass is 10.1. The fraction of sp³-hybridized carbons (Fsp3) is 0.182. The molecule has 0 aliphatic heterocycles. The Kier molecular flexibility index (Phi) is 3.10. The van der Waals surface area contributed by atoms with Gasteiger partial charge in [-0.1, -0.05) is 18.7 Å². The fourth-order valence-electron chi connectivity index (χ4n) is 0.967. The van der Waals surface area contributed by atoms with E-state index < -0.39 is 0 Å². The summed E-state index contributed by atoms with van der Waals surface area (Å²) >= 11 is 0. The standard InChI is InChI=1S/C11H11NO/c1-3-6-13-11-5-4-9(2)10(7-11)8-12/h3-5,7H,1,6H2,2H3. The van der Waals surface area contributed by atoms with Crippen molar-refractivity contribution in [3.63, 3.8) is 0 Å². The SMILES string of the molecule is C=CCOc1ccc(C)c(C#N)c1. The molecule has 0 N–H and O–H groups in total. The van der Waals surface area contributed by atoms with Gasteiger partial charge in [0.2, 0.25) is 0 Å². The minimum absolute atomic E-state index is 0.466. The van der Waals surface area contributed by atoms with Crippen LogP contribution in [0.2, 0.25) is 0 Å². The Morgan fingerprint density at radius 3 is 3.00 bits per heavy atom. The number of benzene rings is 1. The van der Waals surface area contributed by atoms with Gasteiger partial charge in [-0.05, 0) is 24.6 Å². The second-order valence-corrected chi connectivity index (χ2v) is 2.69. The van der Waals surface area contributed by atoms with Crippen molar-refractivity contribution in [3.05, 3.63) is 42.0 Å². The lowest BCUT2D eigenvalue weighted by molar-refractivity contribution is 0.363. The van der Waals surface area contributed by atoms with Gasteiger partial charge >= 0.3 is 0 Å². The van der Waals surface area contributed by atoms with E-state index in [2.05, 4.69) is 12.6 Å². The molecule has 0 aliphatic carbocycles. The van der Waals surface area contributed by atoms with Gasteiger partial charge in [0.1, 0.15) is 12.4 Å². The van der Waals surface area contributed by atoms with Crippen LogP contribution in [0, 0.1) is 18.3 Å². The van der Waals surface area contributed by atoms with Crippen molar-refractivity contribution in [1.82, 2.24) is 0 Å². The number of ether oxygens (including phenoxy) is 1. The van der Waals surface area contributed by atoms with Crippen molar-refractivity contribution in [2.45, 2.75) is 6.92 Å². The highest BCUT2D eigenvalue weighted by Crippen LogP contribution is 2.16. The summed E-state index contributed by atoms with van der Waals surface area (Å²) in [6.07, 6.45) is 1.67.